The van der Waals surface area contributed by atoms with E-state index < -0.39 is 17.1 Å². The first-order chi connectivity index (χ1) is 13.0. The minimum atomic E-state index is -0.523. The van der Waals surface area contributed by atoms with Gasteiger partial charge in [0.15, 0.2) is 0 Å². The van der Waals surface area contributed by atoms with Gasteiger partial charge in [-0.3, -0.25) is 14.9 Å². The van der Waals surface area contributed by atoms with Gasteiger partial charge in [-0.1, -0.05) is 18.2 Å². The molecule has 2 aromatic carbocycles. The fourth-order valence-electron chi connectivity index (χ4n) is 3.12. The van der Waals surface area contributed by atoms with E-state index in [4.69, 9.17) is 4.74 Å². The first-order valence-corrected chi connectivity index (χ1v) is 8.55. The van der Waals surface area contributed by atoms with Crippen molar-refractivity contribution in [2.75, 3.05) is 18.5 Å². The summed E-state index contributed by atoms with van der Waals surface area (Å²) in [6.45, 7) is 0.459. The maximum absolute atomic E-state index is 13.0. The van der Waals surface area contributed by atoms with Gasteiger partial charge in [0.05, 0.1) is 10.6 Å². The highest BCUT2D eigenvalue weighted by Crippen LogP contribution is 2.36. The Morgan fingerprint density at radius 1 is 1.19 bits per heavy atom. The number of benzene rings is 2. The Morgan fingerprint density at radius 3 is 2.56 bits per heavy atom. The Bertz CT molecular complexity index is 866. The molecule has 0 fully saturated rings. The van der Waals surface area contributed by atoms with Crippen LogP contribution in [0, 0.1) is 10.1 Å². The average Bonchev–Trinajstić information content (AvgIpc) is 2.87. The summed E-state index contributed by atoms with van der Waals surface area (Å²) < 4.78 is 5.46. The van der Waals surface area contributed by atoms with Gasteiger partial charge in [-0.2, -0.15) is 0 Å². The third kappa shape index (κ3) is 3.89. The molecule has 0 spiro atoms. The van der Waals surface area contributed by atoms with Crippen molar-refractivity contribution in [1.29, 1.82) is 0 Å². The second-order valence-electron chi connectivity index (χ2n) is 6.11. The summed E-state index contributed by atoms with van der Waals surface area (Å²) in [5.74, 6) is -0.252. The number of nitrogens with zero attached hydrogens (tertiary/aromatic N) is 2. The number of carbonyl (C=O) groups is 2. The number of rotatable bonds is 3. The molecule has 1 heterocycles. The van der Waals surface area contributed by atoms with Gasteiger partial charge in [-0.15, -0.1) is 0 Å². The minimum Gasteiger partial charge on any atom is -0.441 e. The van der Waals surface area contributed by atoms with Gasteiger partial charge in [0.2, 0.25) is 0 Å². The Labute approximate surface area is 155 Å². The predicted molar refractivity (Wildman–Crippen MR) is 98.7 cm³/mol. The summed E-state index contributed by atoms with van der Waals surface area (Å²) in [6.07, 6.45) is 0.268. The van der Waals surface area contributed by atoms with Crippen LogP contribution in [0.2, 0.25) is 0 Å². The van der Waals surface area contributed by atoms with Crippen LogP contribution >= 0.6 is 0 Å². The number of hydrogen-bond donors (Lipinski definition) is 1. The van der Waals surface area contributed by atoms with E-state index in [2.05, 4.69) is 5.32 Å². The number of alkyl carbamates (subject to hydrolysis) is 1. The summed E-state index contributed by atoms with van der Waals surface area (Å²) in [7, 11) is 1.50. The molecule has 8 nitrogen and oxygen atoms in total. The lowest BCUT2D eigenvalue weighted by Gasteiger charge is -2.24. The highest BCUT2D eigenvalue weighted by molar-refractivity contribution is 6.06. The van der Waals surface area contributed by atoms with Crippen molar-refractivity contribution < 1.29 is 19.2 Å². The lowest BCUT2D eigenvalue weighted by molar-refractivity contribution is -0.384. The third-order valence-electron chi connectivity index (χ3n) is 4.45. The zero-order valence-electron chi connectivity index (χ0n) is 14.8. The van der Waals surface area contributed by atoms with Gasteiger partial charge in [-0.25, -0.2) is 4.79 Å². The fraction of sp³-hybridized carbons (Fsp3) is 0.263. The third-order valence-corrected chi connectivity index (χ3v) is 4.45. The molecular formula is C19H19N3O5. The number of para-hydroxylation sites is 1. The molecule has 0 aromatic heterocycles. The number of ether oxygens (including phenoxy) is 1. The first kappa shape index (κ1) is 18.4. The quantitative estimate of drug-likeness (QED) is 0.660. The van der Waals surface area contributed by atoms with E-state index in [9.17, 15) is 19.7 Å². The number of nitrogens with one attached hydrogen (secondary N) is 1. The Balaban J connectivity index is 1.92. The molecule has 2 aromatic rings. The summed E-state index contributed by atoms with van der Waals surface area (Å²) in [6, 6.07) is 12.8. The summed E-state index contributed by atoms with van der Waals surface area (Å²) >= 11 is 0. The number of non-ortho nitro benzene ring substituents is 1. The van der Waals surface area contributed by atoms with Crippen LogP contribution in [-0.2, 0) is 4.74 Å². The van der Waals surface area contributed by atoms with Crippen LogP contribution in [0.25, 0.3) is 0 Å². The second kappa shape index (κ2) is 7.86. The number of fused-ring (bicyclic) bond motifs is 1. The first-order valence-electron chi connectivity index (χ1n) is 8.55. The SMILES string of the molecule is CNC(=O)OC1CCCN(C(=O)c2ccc([N+](=O)[O-])cc2)c2ccccc21. The van der Waals surface area contributed by atoms with Crippen molar-refractivity contribution in [3.63, 3.8) is 0 Å². The molecule has 1 aliphatic heterocycles. The van der Waals surface area contributed by atoms with Crippen LogP contribution in [-0.4, -0.2) is 30.5 Å². The van der Waals surface area contributed by atoms with Gasteiger partial charge in [0.1, 0.15) is 6.10 Å². The molecule has 0 aliphatic carbocycles. The predicted octanol–water partition coefficient (Wildman–Crippen LogP) is 3.43. The van der Waals surface area contributed by atoms with Crippen LogP contribution in [0.3, 0.4) is 0 Å². The maximum Gasteiger partial charge on any atom is 0.407 e. The molecule has 1 aliphatic rings. The van der Waals surface area contributed by atoms with E-state index in [-0.39, 0.29) is 11.6 Å². The van der Waals surface area contributed by atoms with E-state index in [1.807, 2.05) is 24.3 Å². The maximum atomic E-state index is 13.0. The van der Waals surface area contributed by atoms with Crippen LogP contribution in [0.4, 0.5) is 16.2 Å². The number of nitro benzene ring substituents is 1. The molecule has 8 heteroatoms. The van der Waals surface area contributed by atoms with E-state index >= 15 is 0 Å². The molecular weight excluding hydrogens is 350 g/mol. The van der Waals surface area contributed by atoms with Crippen molar-refractivity contribution in [1.82, 2.24) is 5.32 Å². The Morgan fingerprint density at radius 2 is 1.89 bits per heavy atom. The minimum absolute atomic E-state index is 0.0677. The number of amides is 2. The topological polar surface area (TPSA) is 102 Å². The van der Waals surface area contributed by atoms with Gasteiger partial charge < -0.3 is 15.0 Å². The van der Waals surface area contributed by atoms with Crippen molar-refractivity contribution in [2.24, 2.45) is 0 Å². The smallest absolute Gasteiger partial charge is 0.407 e. The van der Waals surface area contributed by atoms with E-state index in [0.717, 1.165) is 5.56 Å². The fourth-order valence-corrected chi connectivity index (χ4v) is 3.12. The van der Waals surface area contributed by atoms with Crippen LogP contribution in [0.5, 0.6) is 0 Å². The van der Waals surface area contributed by atoms with Gasteiger partial charge in [0.25, 0.3) is 11.6 Å². The van der Waals surface area contributed by atoms with Crippen molar-refractivity contribution in [3.8, 4) is 0 Å². The van der Waals surface area contributed by atoms with Crippen LogP contribution in [0.15, 0.2) is 48.5 Å². The molecule has 0 bridgehead atoms. The highest BCUT2D eigenvalue weighted by Gasteiger charge is 2.29. The number of carbonyl (C=O) groups excluding carboxylic acids is 2. The van der Waals surface area contributed by atoms with Gasteiger partial charge in [0, 0.05) is 36.9 Å². The summed E-state index contributed by atoms with van der Waals surface area (Å²) in [5, 5.41) is 13.2. The lowest BCUT2D eigenvalue weighted by Crippen LogP contribution is -2.31. The summed E-state index contributed by atoms with van der Waals surface area (Å²) in [5.41, 5.74) is 1.73. The molecule has 2 amide bonds. The number of nitro groups is 1. The number of anilines is 1. The molecule has 0 saturated heterocycles. The largest absolute Gasteiger partial charge is 0.441 e. The molecule has 1 unspecified atom stereocenters. The molecule has 1 N–H and O–H groups in total. The molecule has 140 valence electrons. The van der Waals surface area contributed by atoms with Crippen LogP contribution < -0.4 is 10.2 Å². The Kier molecular flexibility index (Phi) is 5.35. The van der Waals surface area contributed by atoms with E-state index in [0.29, 0.717) is 30.6 Å². The number of hydrogen-bond acceptors (Lipinski definition) is 5. The highest BCUT2D eigenvalue weighted by atomic mass is 16.6. The average molecular weight is 369 g/mol. The molecule has 27 heavy (non-hydrogen) atoms. The zero-order chi connectivity index (χ0) is 19.4. The van der Waals surface area contributed by atoms with Crippen LogP contribution in [0.1, 0.15) is 34.9 Å². The van der Waals surface area contributed by atoms with Crippen molar-refractivity contribution in [3.05, 3.63) is 69.8 Å². The van der Waals surface area contributed by atoms with Gasteiger partial charge >= 0.3 is 6.09 Å². The van der Waals surface area contributed by atoms with Crippen molar-refractivity contribution in [2.45, 2.75) is 18.9 Å². The van der Waals surface area contributed by atoms with E-state index in [1.54, 1.807) is 4.90 Å². The second-order valence-corrected chi connectivity index (χ2v) is 6.11. The normalized spacial score (nSPS) is 16.0. The zero-order valence-corrected chi connectivity index (χ0v) is 14.8. The Hall–Kier alpha value is -3.42. The monoisotopic (exact) mass is 369 g/mol. The standard InChI is InChI=1S/C19H19N3O5/c1-20-19(24)27-17-7-4-12-21(16-6-3-2-5-15(16)17)18(23)13-8-10-14(11-9-13)22(25)26/h2-3,5-6,8-11,17H,4,7,12H2,1H3,(H,20,24). The van der Waals surface area contributed by atoms with Crippen molar-refractivity contribution >= 4 is 23.4 Å². The summed E-state index contributed by atoms with van der Waals surface area (Å²) in [4.78, 5) is 36.6. The molecule has 3 rings (SSSR count). The molecule has 1 atom stereocenters. The lowest BCUT2D eigenvalue weighted by atomic mass is 10.0. The van der Waals surface area contributed by atoms with Gasteiger partial charge in [-0.05, 0) is 31.0 Å². The van der Waals surface area contributed by atoms with E-state index in [1.165, 1.54) is 31.3 Å². The molecule has 0 saturated carbocycles. The molecule has 0 radical (unpaired) electrons.